The van der Waals surface area contributed by atoms with Crippen LogP contribution in [-0.4, -0.2) is 19.0 Å². The molecule has 0 aliphatic heterocycles. The van der Waals surface area contributed by atoms with Gasteiger partial charge in [0.25, 0.3) is 0 Å². The summed E-state index contributed by atoms with van der Waals surface area (Å²) in [5.74, 6) is -0.0258. The first kappa shape index (κ1) is 20.1. The minimum absolute atomic E-state index is 0.0984. The summed E-state index contributed by atoms with van der Waals surface area (Å²) in [6, 6.07) is 22.3. The van der Waals surface area contributed by atoms with Crippen LogP contribution in [0.2, 0.25) is 0 Å². The minimum Gasteiger partial charge on any atom is -0.493 e. The number of nitrogens with one attached hydrogen (secondary N) is 1. The highest BCUT2D eigenvalue weighted by Crippen LogP contribution is 2.31. The van der Waals surface area contributed by atoms with Gasteiger partial charge >= 0.3 is 5.97 Å². The number of carbonyl (C=O) groups is 2. The third kappa shape index (κ3) is 5.43. The number of hydrogen-bond acceptors (Lipinski definition) is 5. The fourth-order valence-corrected chi connectivity index (χ4v) is 2.78. The topological polar surface area (TPSA) is 90.7 Å². The molecule has 1 unspecified atom stereocenters. The molecule has 0 aliphatic carbocycles. The summed E-state index contributed by atoms with van der Waals surface area (Å²) in [4.78, 5) is 24.5. The molecule has 3 rings (SSSR count). The molecule has 6 heteroatoms. The zero-order valence-electron chi connectivity index (χ0n) is 16.0. The van der Waals surface area contributed by atoms with Crippen molar-refractivity contribution in [2.75, 3.05) is 12.4 Å². The Bertz CT molecular complexity index is 975. The molecule has 0 spiro atoms. The zero-order valence-corrected chi connectivity index (χ0v) is 16.0. The number of benzene rings is 3. The lowest BCUT2D eigenvalue weighted by atomic mass is 10.0. The van der Waals surface area contributed by atoms with Crippen molar-refractivity contribution in [2.45, 2.75) is 12.5 Å². The molecule has 0 bridgehead atoms. The van der Waals surface area contributed by atoms with E-state index in [0.717, 1.165) is 0 Å². The smallest absolute Gasteiger partial charge is 0.343 e. The number of para-hydroxylation sites is 1. The van der Waals surface area contributed by atoms with Crippen LogP contribution in [0.5, 0.6) is 11.5 Å². The second kappa shape index (κ2) is 9.52. The Morgan fingerprint density at radius 1 is 0.931 bits per heavy atom. The van der Waals surface area contributed by atoms with Crippen LogP contribution >= 0.6 is 0 Å². The zero-order chi connectivity index (χ0) is 20.6. The molecule has 0 fully saturated rings. The summed E-state index contributed by atoms with van der Waals surface area (Å²) >= 11 is 0. The van der Waals surface area contributed by atoms with Gasteiger partial charge in [-0.25, -0.2) is 4.79 Å². The molecule has 0 saturated carbocycles. The molecule has 148 valence electrons. The summed E-state index contributed by atoms with van der Waals surface area (Å²) in [5.41, 5.74) is 8.04. The van der Waals surface area contributed by atoms with Crippen molar-refractivity contribution in [3.63, 3.8) is 0 Å². The molecule has 3 aromatic rings. The minimum atomic E-state index is -0.536. The van der Waals surface area contributed by atoms with Crippen molar-refractivity contribution in [3.05, 3.63) is 90.0 Å². The van der Waals surface area contributed by atoms with Gasteiger partial charge in [-0.15, -0.1) is 0 Å². The van der Waals surface area contributed by atoms with Gasteiger partial charge in [-0.2, -0.15) is 0 Å². The molecule has 0 saturated heterocycles. The molecule has 3 aromatic carbocycles. The SMILES string of the molecule is COc1cc(C(N)CC(=O)Nc2ccccc2)ccc1OC(=O)c1ccccc1. The summed E-state index contributed by atoms with van der Waals surface area (Å²) in [6.45, 7) is 0. The van der Waals surface area contributed by atoms with Crippen LogP contribution in [0.4, 0.5) is 5.69 Å². The normalized spacial score (nSPS) is 11.4. The highest BCUT2D eigenvalue weighted by Gasteiger charge is 2.17. The summed E-state index contributed by atoms with van der Waals surface area (Å²) < 4.78 is 10.8. The molecular formula is C23H22N2O4. The number of ether oxygens (including phenoxy) is 2. The number of rotatable bonds is 7. The van der Waals surface area contributed by atoms with E-state index in [0.29, 0.717) is 22.6 Å². The molecule has 29 heavy (non-hydrogen) atoms. The lowest BCUT2D eigenvalue weighted by Crippen LogP contribution is -2.20. The van der Waals surface area contributed by atoms with Crippen molar-refractivity contribution in [1.29, 1.82) is 0 Å². The maximum atomic E-state index is 12.3. The fourth-order valence-electron chi connectivity index (χ4n) is 2.78. The number of carbonyl (C=O) groups excluding carboxylic acids is 2. The highest BCUT2D eigenvalue weighted by molar-refractivity contribution is 5.92. The maximum absolute atomic E-state index is 12.3. The van der Waals surface area contributed by atoms with Crippen molar-refractivity contribution in [3.8, 4) is 11.5 Å². The molecule has 0 radical (unpaired) electrons. The predicted molar refractivity (Wildman–Crippen MR) is 111 cm³/mol. The van der Waals surface area contributed by atoms with E-state index in [2.05, 4.69) is 5.32 Å². The van der Waals surface area contributed by atoms with E-state index in [1.165, 1.54) is 7.11 Å². The number of hydrogen-bond donors (Lipinski definition) is 2. The fraction of sp³-hybridized carbons (Fsp3) is 0.130. The number of nitrogens with two attached hydrogens (primary N) is 1. The number of amides is 1. The summed E-state index contributed by atoms with van der Waals surface area (Å²) in [5, 5.41) is 2.81. The van der Waals surface area contributed by atoms with Crippen molar-refractivity contribution in [1.82, 2.24) is 0 Å². The van der Waals surface area contributed by atoms with Gasteiger partial charge in [-0.3, -0.25) is 4.79 Å². The first-order valence-electron chi connectivity index (χ1n) is 9.12. The summed E-state index contributed by atoms with van der Waals surface area (Å²) in [6.07, 6.45) is 0.0984. The van der Waals surface area contributed by atoms with Crippen molar-refractivity contribution in [2.24, 2.45) is 5.73 Å². The standard InChI is InChI=1S/C23H22N2O4/c1-28-21-14-17(19(24)15-22(26)25-18-10-6-3-7-11-18)12-13-20(21)29-23(27)16-8-4-2-5-9-16/h2-14,19H,15,24H2,1H3,(H,25,26). The van der Waals surface area contributed by atoms with Gasteiger partial charge in [-0.05, 0) is 42.0 Å². The average Bonchev–Trinajstić information content (AvgIpc) is 2.75. The Morgan fingerprint density at radius 3 is 2.24 bits per heavy atom. The second-order valence-electron chi connectivity index (χ2n) is 6.39. The van der Waals surface area contributed by atoms with Crippen molar-refractivity contribution < 1.29 is 19.1 Å². The van der Waals surface area contributed by atoms with Gasteiger partial charge in [0.1, 0.15) is 0 Å². The third-order valence-electron chi connectivity index (χ3n) is 4.29. The van der Waals surface area contributed by atoms with Crippen molar-refractivity contribution >= 4 is 17.6 Å². The van der Waals surface area contributed by atoms with Crippen LogP contribution in [0, 0.1) is 0 Å². The average molecular weight is 390 g/mol. The second-order valence-corrected chi connectivity index (χ2v) is 6.39. The lowest BCUT2D eigenvalue weighted by molar-refractivity contribution is -0.116. The van der Waals surface area contributed by atoms with Gasteiger partial charge in [0, 0.05) is 18.2 Å². The predicted octanol–water partition coefficient (Wildman–Crippen LogP) is 3.94. The monoisotopic (exact) mass is 390 g/mol. The van der Waals surface area contributed by atoms with Crippen LogP contribution < -0.4 is 20.5 Å². The van der Waals surface area contributed by atoms with E-state index < -0.39 is 12.0 Å². The van der Waals surface area contributed by atoms with E-state index in [1.54, 1.807) is 42.5 Å². The maximum Gasteiger partial charge on any atom is 0.343 e. The van der Waals surface area contributed by atoms with Gasteiger partial charge in [-0.1, -0.05) is 42.5 Å². The van der Waals surface area contributed by atoms with Crippen LogP contribution in [0.25, 0.3) is 0 Å². The highest BCUT2D eigenvalue weighted by atomic mass is 16.6. The van der Waals surface area contributed by atoms with Gasteiger partial charge in [0.15, 0.2) is 11.5 Å². The van der Waals surface area contributed by atoms with E-state index in [9.17, 15) is 9.59 Å². The third-order valence-corrected chi connectivity index (χ3v) is 4.29. The quantitative estimate of drug-likeness (QED) is 0.471. The van der Waals surface area contributed by atoms with Crippen LogP contribution in [0.1, 0.15) is 28.4 Å². The largest absolute Gasteiger partial charge is 0.493 e. The van der Waals surface area contributed by atoms with E-state index in [-0.39, 0.29) is 18.1 Å². The molecule has 0 heterocycles. The first-order valence-corrected chi connectivity index (χ1v) is 9.12. The van der Waals surface area contributed by atoms with E-state index in [4.69, 9.17) is 15.2 Å². The molecule has 0 aliphatic rings. The summed E-state index contributed by atoms with van der Waals surface area (Å²) in [7, 11) is 1.48. The number of methoxy groups -OCH3 is 1. The Morgan fingerprint density at radius 2 is 1.59 bits per heavy atom. The molecule has 6 nitrogen and oxygen atoms in total. The van der Waals surface area contributed by atoms with Gasteiger partial charge in [0.2, 0.25) is 5.91 Å². The Balaban J connectivity index is 1.67. The van der Waals surface area contributed by atoms with Crippen LogP contribution in [-0.2, 0) is 4.79 Å². The Hall–Kier alpha value is -3.64. The van der Waals surface area contributed by atoms with Crippen LogP contribution in [0.15, 0.2) is 78.9 Å². The Kier molecular flexibility index (Phi) is 6.60. The van der Waals surface area contributed by atoms with E-state index >= 15 is 0 Å². The van der Waals surface area contributed by atoms with Gasteiger partial charge in [0.05, 0.1) is 12.7 Å². The van der Waals surface area contributed by atoms with E-state index in [1.807, 2.05) is 36.4 Å². The Labute approximate surface area is 169 Å². The molecule has 1 amide bonds. The molecule has 3 N–H and O–H groups in total. The number of anilines is 1. The van der Waals surface area contributed by atoms with Gasteiger partial charge < -0.3 is 20.5 Å². The van der Waals surface area contributed by atoms with Crippen LogP contribution in [0.3, 0.4) is 0 Å². The number of esters is 1. The molecule has 0 aromatic heterocycles. The molecular weight excluding hydrogens is 368 g/mol. The first-order chi connectivity index (χ1) is 14.1. The lowest BCUT2D eigenvalue weighted by Gasteiger charge is -2.15. The molecule has 1 atom stereocenters.